The quantitative estimate of drug-likeness (QED) is 0.778. The lowest BCUT2D eigenvalue weighted by Gasteiger charge is -2.34. The molecule has 18 heavy (non-hydrogen) atoms. The van der Waals surface area contributed by atoms with Gasteiger partial charge in [-0.25, -0.2) is 0 Å². The van der Waals surface area contributed by atoms with E-state index in [9.17, 15) is 8.42 Å². The van der Waals surface area contributed by atoms with E-state index >= 15 is 0 Å². The third-order valence-electron chi connectivity index (χ3n) is 3.90. The van der Waals surface area contributed by atoms with Crippen LogP contribution in [0, 0.1) is 5.92 Å². The lowest BCUT2D eigenvalue weighted by atomic mass is 10.0. The summed E-state index contributed by atoms with van der Waals surface area (Å²) in [5.74, 6) is 0.612. The summed E-state index contributed by atoms with van der Waals surface area (Å²) in [5, 5.41) is 0. The standard InChI is InChI=1S/C11H21N3O2S2/c1-9-4-7-13(8-5-9)18(15,16)14-6-2-3-10(14)11(12)17/h9-10H,2-8H2,1H3,(H2,12,17). The first-order valence-corrected chi connectivity index (χ1v) is 8.29. The Morgan fingerprint density at radius 3 is 2.39 bits per heavy atom. The van der Waals surface area contributed by atoms with Gasteiger partial charge in [0.15, 0.2) is 0 Å². The Hall–Kier alpha value is -0.240. The molecule has 2 aliphatic heterocycles. The predicted molar refractivity (Wildman–Crippen MR) is 75.4 cm³/mol. The first-order chi connectivity index (χ1) is 8.43. The highest BCUT2D eigenvalue weighted by atomic mass is 32.2. The van der Waals surface area contributed by atoms with Crippen LogP contribution in [-0.4, -0.2) is 47.7 Å². The van der Waals surface area contributed by atoms with Crippen molar-refractivity contribution >= 4 is 27.4 Å². The summed E-state index contributed by atoms with van der Waals surface area (Å²) >= 11 is 4.97. The van der Waals surface area contributed by atoms with E-state index in [0.29, 0.717) is 30.5 Å². The average Bonchev–Trinajstić information content (AvgIpc) is 2.79. The highest BCUT2D eigenvalue weighted by molar-refractivity contribution is 7.87. The Bertz CT molecular complexity index is 416. The second kappa shape index (κ2) is 5.40. The van der Waals surface area contributed by atoms with Gasteiger partial charge in [-0.15, -0.1) is 0 Å². The molecule has 0 aromatic heterocycles. The van der Waals surface area contributed by atoms with Crippen molar-refractivity contribution in [2.24, 2.45) is 11.7 Å². The fraction of sp³-hybridized carbons (Fsp3) is 0.909. The van der Waals surface area contributed by atoms with E-state index in [2.05, 4.69) is 6.92 Å². The molecule has 5 nitrogen and oxygen atoms in total. The van der Waals surface area contributed by atoms with E-state index in [0.717, 1.165) is 25.7 Å². The van der Waals surface area contributed by atoms with E-state index in [1.807, 2.05) is 0 Å². The molecule has 0 bridgehead atoms. The molecule has 1 atom stereocenters. The molecule has 104 valence electrons. The van der Waals surface area contributed by atoms with E-state index in [1.165, 1.54) is 4.31 Å². The smallest absolute Gasteiger partial charge is 0.282 e. The van der Waals surface area contributed by atoms with Crippen LogP contribution in [0.1, 0.15) is 32.6 Å². The summed E-state index contributed by atoms with van der Waals surface area (Å²) in [5.41, 5.74) is 5.64. The summed E-state index contributed by atoms with van der Waals surface area (Å²) in [6, 6.07) is -0.288. The van der Waals surface area contributed by atoms with Gasteiger partial charge < -0.3 is 5.73 Å². The van der Waals surface area contributed by atoms with Gasteiger partial charge in [0.1, 0.15) is 0 Å². The van der Waals surface area contributed by atoms with Gasteiger partial charge in [0, 0.05) is 19.6 Å². The van der Waals surface area contributed by atoms with Crippen molar-refractivity contribution in [3.8, 4) is 0 Å². The number of thiocarbonyl (C=S) groups is 1. The lowest BCUT2D eigenvalue weighted by Crippen LogP contribution is -2.51. The van der Waals surface area contributed by atoms with Crippen LogP contribution in [-0.2, 0) is 10.2 Å². The third-order valence-corrected chi connectivity index (χ3v) is 6.22. The average molecular weight is 291 g/mol. The van der Waals surface area contributed by atoms with Crippen LogP contribution in [0.2, 0.25) is 0 Å². The molecule has 2 rings (SSSR count). The fourth-order valence-electron chi connectivity index (χ4n) is 2.66. The zero-order chi connectivity index (χ0) is 13.3. The predicted octanol–water partition coefficient (Wildman–Crippen LogP) is 0.714. The molecule has 0 aliphatic carbocycles. The monoisotopic (exact) mass is 291 g/mol. The third kappa shape index (κ3) is 2.68. The number of nitrogens with zero attached hydrogens (tertiary/aromatic N) is 2. The number of piperidine rings is 1. The second-order valence-corrected chi connectivity index (χ2v) is 7.61. The van der Waals surface area contributed by atoms with E-state index in [4.69, 9.17) is 18.0 Å². The minimum Gasteiger partial charge on any atom is -0.392 e. The summed E-state index contributed by atoms with van der Waals surface area (Å²) in [7, 11) is -3.38. The topological polar surface area (TPSA) is 66.6 Å². The summed E-state index contributed by atoms with van der Waals surface area (Å²) in [6.45, 7) is 3.93. The molecule has 0 saturated carbocycles. The zero-order valence-electron chi connectivity index (χ0n) is 10.7. The Balaban J connectivity index is 2.13. The maximum absolute atomic E-state index is 12.5. The van der Waals surface area contributed by atoms with Crippen molar-refractivity contribution in [3.05, 3.63) is 0 Å². The minimum atomic E-state index is -3.38. The molecular weight excluding hydrogens is 270 g/mol. The highest BCUT2D eigenvalue weighted by Crippen LogP contribution is 2.26. The molecule has 1 unspecified atom stereocenters. The molecule has 0 spiro atoms. The number of hydrogen-bond acceptors (Lipinski definition) is 3. The van der Waals surface area contributed by atoms with Gasteiger partial charge in [-0.3, -0.25) is 0 Å². The van der Waals surface area contributed by atoms with Gasteiger partial charge >= 0.3 is 0 Å². The van der Waals surface area contributed by atoms with Crippen LogP contribution in [0.4, 0.5) is 0 Å². The van der Waals surface area contributed by atoms with Crippen LogP contribution in [0.25, 0.3) is 0 Å². The van der Waals surface area contributed by atoms with Gasteiger partial charge in [0.25, 0.3) is 10.2 Å². The van der Waals surface area contributed by atoms with Crippen molar-refractivity contribution in [1.82, 2.24) is 8.61 Å². The molecule has 2 saturated heterocycles. The van der Waals surface area contributed by atoms with E-state index in [-0.39, 0.29) is 6.04 Å². The van der Waals surface area contributed by atoms with Crippen molar-refractivity contribution in [3.63, 3.8) is 0 Å². The van der Waals surface area contributed by atoms with Crippen LogP contribution >= 0.6 is 12.2 Å². The van der Waals surface area contributed by atoms with Crippen molar-refractivity contribution in [2.45, 2.75) is 38.6 Å². The van der Waals surface area contributed by atoms with Gasteiger partial charge in [-0.2, -0.15) is 17.0 Å². The van der Waals surface area contributed by atoms with Gasteiger partial charge in [0.05, 0.1) is 11.0 Å². The molecule has 2 fully saturated rings. The van der Waals surface area contributed by atoms with E-state index < -0.39 is 10.2 Å². The Morgan fingerprint density at radius 2 is 1.83 bits per heavy atom. The first-order valence-electron chi connectivity index (χ1n) is 6.49. The maximum Gasteiger partial charge on any atom is 0.282 e. The molecule has 2 heterocycles. The van der Waals surface area contributed by atoms with Gasteiger partial charge in [-0.05, 0) is 31.6 Å². The molecule has 0 aromatic rings. The molecular formula is C11H21N3O2S2. The lowest BCUT2D eigenvalue weighted by molar-refractivity contribution is 0.267. The fourth-order valence-corrected chi connectivity index (χ4v) is 4.85. The summed E-state index contributed by atoms with van der Waals surface area (Å²) < 4.78 is 28.2. The van der Waals surface area contributed by atoms with Crippen molar-refractivity contribution in [2.75, 3.05) is 19.6 Å². The normalized spacial score (nSPS) is 28.6. The Morgan fingerprint density at radius 1 is 1.22 bits per heavy atom. The van der Waals surface area contributed by atoms with Gasteiger partial charge in [-0.1, -0.05) is 19.1 Å². The number of nitrogens with two attached hydrogens (primary N) is 1. The van der Waals surface area contributed by atoms with Crippen LogP contribution in [0.5, 0.6) is 0 Å². The molecule has 2 N–H and O–H groups in total. The van der Waals surface area contributed by atoms with Gasteiger partial charge in [0.2, 0.25) is 0 Å². The zero-order valence-corrected chi connectivity index (χ0v) is 12.3. The SMILES string of the molecule is CC1CCN(S(=O)(=O)N2CCCC2C(N)=S)CC1. The van der Waals surface area contributed by atoms with Crippen molar-refractivity contribution < 1.29 is 8.42 Å². The minimum absolute atomic E-state index is 0.288. The van der Waals surface area contributed by atoms with Crippen molar-refractivity contribution in [1.29, 1.82) is 0 Å². The number of hydrogen-bond donors (Lipinski definition) is 1. The molecule has 0 aromatic carbocycles. The summed E-state index contributed by atoms with van der Waals surface area (Å²) in [6.07, 6.45) is 3.46. The first kappa shape index (κ1) is 14.2. The Kier molecular flexibility index (Phi) is 4.25. The molecule has 7 heteroatoms. The van der Waals surface area contributed by atoms with E-state index in [1.54, 1.807) is 4.31 Å². The maximum atomic E-state index is 12.5. The number of rotatable bonds is 3. The van der Waals surface area contributed by atoms with Crippen LogP contribution in [0.3, 0.4) is 0 Å². The van der Waals surface area contributed by atoms with Crippen LogP contribution < -0.4 is 5.73 Å². The molecule has 2 aliphatic rings. The van der Waals surface area contributed by atoms with Crippen LogP contribution in [0.15, 0.2) is 0 Å². The molecule has 0 amide bonds. The Labute approximate surface area is 114 Å². The highest BCUT2D eigenvalue weighted by Gasteiger charge is 2.40. The summed E-state index contributed by atoms with van der Waals surface area (Å²) in [4.78, 5) is 0.293. The largest absolute Gasteiger partial charge is 0.392 e. The second-order valence-electron chi connectivity index (χ2n) is 5.26. The molecule has 0 radical (unpaired) electrons.